The number of piperidine rings is 1. The van der Waals surface area contributed by atoms with Gasteiger partial charge in [-0.15, -0.1) is 11.6 Å². The molecular formula is C25H31Cl2FN8O3. The number of nitrogens with two attached hydrogens (primary N) is 1. The number of anilines is 2. The highest BCUT2D eigenvalue weighted by Gasteiger charge is 2.32. The third-order valence-electron chi connectivity index (χ3n) is 7.58. The van der Waals surface area contributed by atoms with Crippen molar-refractivity contribution in [3.8, 4) is 0 Å². The Morgan fingerprint density at radius 3 is 2.64 bits per heavy atom. The van der Waals surface area contributed by atoms with E-state index in [4.69, 9.17) is 43.6 Å². The van der Waals surface area contributed by atoms with Crippen molar-refractivity contribution in [2.45, 2.75) is 62.0 Å². The number of fused-ring (bicyclic) bond motifs is 1. The molecular weight excluding hydrogens is 550 g/mol. The van der Waals surface area contributed by atoms with Gasteiger partial charge in [-0.1, -0.05) is 11.6 Å². The van der Waals surface area contributed by atoms with Gasteiger partial charge in [-0.05, 0) is 50.7 Å². The molecule has 0 bridgehead atoms. The van der Waals surface area contributed by atoms with Crippen molar-refractivity contribution in [1.29, 1.82) is 0 Å². The first-order chi connectivity index (χ1) is 18.7. The summed E-state index contributed by atoms with van der Waals surface area (Å²) in [5.41, 5.74) is 6.72. The Labute approximate surface area is 235 Å². The maximum absolute atomic E-state index is 13.8. The number of hydrogen-bond acceptors (Lipinski definition) is 8. The molecule has 0 radical (unpaired) electrons. The number of nitrogens with zero attached hydrogens (tertiary/aromatic N) is 5. The number of ether oxygens (including phenoxy) is 1. The topological polar surface area (TPSA) is 140 Å². The van der Waals surface area contributed by atoms with E-state index in [-0.39, 0.29) is 35.0 Å². The second kappa shape index (κ2) is 11.5. The fourth-order valence-electron chi connectivity index (χ4n) is 5.56. The molecule has 14 heteroatoms. The number of halogens is 3. The highest BCUT2D eigenvalue weighted by atomic mass is 35.5. The van der Waals surface area contributed by atoms with Gasteiger partial charge in [0.25, 0.3) is 0 Å². The van der Waals surface area contributed by atoms with E-state index < -0.39 is 17.2 Å². The summed E-state index contributed by atoms with van der Waals surface area (Å²) in [4.78, 5) is 39.4. The fourth-order valence-corrected chi connectivity index (χ4v) is 6.23. The standard InChI is InChI=1S/C25H31Cl2FN8O3/c1-39-25(38)35-8-2-3-15(12-35)31-23-30-11-19-22(34-23)36(16-6-4-13(5-7-16)21(29)37)24(32-19)33-20-17(26)9-14(28)10-18(20)27/h9-11,13,15-17,20H,2-8,12H2,1H3,(H2,29,37)(H,32,33)(H,30,31,34)/t13-,15-,16+,17?,20?/m1/s1. The van der Waals surface area contributed by atoms with Gasteiger partial charge in [0, 0.05) is 36.1 Å². The number of primary amides is 1. The first kappa shape index (κ1) is 27.4. The SMILES string of the molecule is COC(=O)N1CCC[C@@H](Nc2ncc3nc(NC4C(Cl)=CC(F)=CC4Cl)n([C@H]4CC[C@@H](C(N)=O)CC4)c3n2)C1. The Morgan fingerprint density at radius 2 is 1.95 bits per heavy atom. The van der Waals surface area contributed by atoms with Crippen molar-refractivity contribution < 1.29 is 18.7 Å². The van der Waals surface area contributed by atoms with Crippen LogP contribution in [0.15, 0.2) is 29.2 Å². The Kier molecular flexibility index (Phi) is 8.13. The minimum atomic E-state index is -0.728. The van der Waals surface area contributed by atoms with Gasteiger partial charge in [-0.2, -0.15) is 4.98 Å². The second-order valence-corrected chi connectivity index (χ2v) is 11.1. The van der Waals surface area contributed by atoms with Crippen LogP contribution in [0, 0.1) is 5.92 Å². The van der Waals surface area contributed by atoms with Crippen LogP contribution in [-0.4, -0.2) is 74.1 Å². The average Bonchev–Trinajstić information content (AvgIpc) is 3.27. The van der Waals surface area contributed by atoms with Crippen LogP contribution in [0.1, 0.15) is 44.6 Å². The van der Waals surface area contributed by atoms with Gasteiger partial charge < -0.3 is 26.0 Å². The van der Waals surface area contributed by atoms with Crippen molar-refractivity contribution in [3.63, 3.8) is 0 Å². The molecule has 39 heavy (non-hydrogen) atoms. The van der Waals surface area contributed by atoms with E-state index in [9.17, 15) is 14.0 Å². The minimum absolute atomic E-state index is 0.0206. The number of nitrogens with one attached hydrogen (secondary N) is 2. The summed E-state index contributed by atoms with van der Waals surface area (Å²) in [6, 6.07) is -0.657. The molecule has 4 N–H and O–H groups in total. The Morgan fingerprint density at radius 1 is 1.18 bits per heavy atom. The predicted molar refractivity (Wildman–Crippen MR) is 146 cm³/mol. The third kappa shape index (κ3) is 5.91. The van der Waals surface area contributed by atoms with E-state index in [0.29, 0.717) is 61.8 Å². The quantitative estimate of drug-likeness (QED) is 0.434. The molecule has 210 valence electrons. The lowest BCUT2D eigenvalue weighted by atomic mass is 9.85. The summed E-state index contributed by atoms with van der Waals surface area (Å²) < 4.78 is 20.7. The van der Waals surface area contributed by atoms with E-state index in [1.54, 1.807) is 11.1 Å². The van der Waals surface area contributed by atoms with Crippen LogP contribution in [0.3, 0.4) is 0 Å². The number of imidazole rings is 1. The van der Waals surface area contributed by atoms with Gasteiger partial charge in [-0.3, -0.25) is 9.36 Å². The van der Waals surface area contributed by atoms with Gasteiger partial charge in [0.1, 0.15) is 11.3 Å². The molecule has 1 saturated carbocycles. The van der Waals surface area contributed by atoms with E-state index in [2.05, 4.69) is 15.6 Å². The summed E-state index contributed by atoms with van der Waals surface area (Å²) in [5.74, 6) is -0.0618. The molecule has 0 spiro atoms. The molecule has 2 amide bonds. The summed E-state index contributed by atoms with van der Waals surface area (Å²) in [5, 5.41) is 6.14. The predicted octanol–water partition coefficient (Wildman–Crippen LogP) is 4.06. The van der Waals surface area contributed by atoms with Crippen LogP contribution in [0.2, 0.25) is 0 Å². The van der Waals surface area contributed by atoms with Gasteiger partial charge in [0.2, 0.25) is 17.8 Å². The summed E-state index contributed by atoms with van der Waals surface area (Å²) in [6.45, 7) is 1.12. The lowest BCUT2D eigenvalue weighted by Gasteiger charge is -2.32. The minimum Gasteiger partial charge on any atom is -0.453 e. The number of carbonyl (C=O) groups excluding carboxylic acids is 2. The van der Waals surface area contributed by atoms with Crippen LogP contribution in [-0.2, 0) is 9.53 Å². The lowest BCUT2D eigenvalue weighted by molar-refractivity contribution is -0.122. The van der Waals surface area contributed by atoms with Crippen LogP contribution in [0.5, 0.6) is 0 Å². The number of amides is 2. The molecule has 3 heterocycles. The Balaban J connectivity index is 1.45. The molecule has 3 aliphatic rings. The molecule has 5 rings (SSSR count). The molecule has 3 atom stereocenters. The number of hydrogen-bond donors (Lipinski definition) is 3. The van der Waals surface area contributed by atoms with Gasteiger partial charge in [0.05, 0.1) is 24.7 Å². The average molecular weight is 581 g/mol. The van der Waals surface area contributed by atoms with Crippen LogP contribution >= 0.6 is 23.2 Å². The van der Waals surface area contributed by atoms with E-state index in [1.807, 2.05) is 4.57 Å². The van der Waals surface area contributed by atoms with Crippen molar-refractivity contribution in [3.05, 3.63) is 29.2 Å². The molecule has 2 aromatic heterocycles. The molecule has 2 aromatic rings. The third-order valence-corrected chi connectivity index (χ3v) is 8.30. The summed E-state index contributed by atoms with van der Waals surface area (Å²) in [6.07, 6.45) is 8.18. The molecule has 2 unspecified atom stereocenters. The van der Waals surface area contributed by atoms with Crippen molar-refractivity contribution >= 4 is 58.3 Å². The van der Waals surface area contributed by atoms with E-state index in [1.165, 1.54) is 19.3 Å². The number of rotatable bonds is 6. The maximum Gasteiger partial charge on any atom is 0.409 e. The fraction of sp³-hybridized carbons (Fsp3) is 0.560. The van der Waals surface area contributed by atoms with Crippen LogP contribution in [0.4, 0.5) is 21.1 Å². The van der Waals surface area contributed by atoms with Crippen molar-refractivity contribution in [1.82, 2.24) is 24.4 Å². The second-order valence-electron chi connectivity index (χ2n) is 10.2. The van der Waals surface area contributed by atoms with Crippen molar-refractivity contribution in [2.75, 3.05) is 30.8 Å². The highest BCUT2D eigenvalue weighted by Crippen LogP contribution is 2.37. The zero-order valence-corrected chi connectivity index (χ0v) is 23.0. The molecule has 0 aromatic carbocycles. The molecule has 1 saturated heterocycles. The highest BCUT2D eigenvalue weighted by molar-refractivity contribution is 6.32. The number of aromatic nitrogens is 4. The normalized spacial score (nSPS) is 27.5. The van der Waals surface area contributed by atoms with Gasteiger partial charge in [0.15, 0.2) is 5.65 Å². The monoisotopic (exact) mass is 580 g/mol. The van der Waals surface area contributed by atoms with Crippen molar-refractivity contribution in [2.24, 2.45) is 11.7 Å². The summed E-state index contributed by atoms with van der Waals surface area (Å²) >= 11 is 12.8. The number of methoxy groups -OCH3 is 1. The van der Waals surface area contributed by atoms with E-state index in [0.717, 1.165) is 12.8 Å². The number of alkyl halides is 1. The number of likely N-dealkylation sites (tertiary alicyclic amines) is 1. The molecule has 2 aliphatic carbocycles. The Bertz CT molecular complexity index is 1310. The zero-order chi connectivity index (χ0) is 27.7. The number of carbonyl (C=O) groups is 2. The molecule has 1 aliphatic heterocycles. The molecule has 11 nitrogen and oxygen atoms in total. The van der Waals surface area contributed by atoms with Crippen LogP contribution < -0.4 is 16.4 Å². The van der Waals surface area contributed by atoms with Gasteiger partial charge in [-0.25, -0.2) is 19.2 Å². The lowest BCUT2D eigenvalue weighted by Crippen LogP contribution is -2.45. The summed E-state index contributed by atoms with van der Waals surface area (Å²) in [7, 11) is 1.37. The largest absolute Gasteiger partial charge is 0.453 e. The smallest absolute Gasteiger partial charge is 0.409 e. The molecule has 2 fully saturated rings. The van der Waals surface area contributed by atoms with Gasteiger partial charge >= 0.3 is 6.09 Å². The maximum atomic E-state index is 13.8. The zero-order valence-electron chi connectivity index (χ0n) is 21.4. The first-order valence-electron chi connectivity index (χ1n) is 13.0. The Hall–Kier alpha value is -3.12. The first-order valence-corrected chi connectivity index (χ1v) is 13.8. The van der Waals surface area contributed by atoms with Crippen LogP contribution in [0.25, 0.3) is 11.2 Å². The van der Waals surface area contributed by atoms with E-state index >= 15 is 0 Å². The number of allylic oxidation sites excluding steroid dienone is 2.